The normalized spacial score (nSPS) is 10.8. The highest BCUT2D eigenvalue weighted by atomic mass is 16.5. The van der Waals surface area contributed by atoms with Gasteiger partial charge in [-0.15, -0.1) is 0 Å². The number of carbonyl (C=O) groups is 1. The minimum Gasteiger partial charge on any atom is -0.489 e. The van der Waals surface area contributed by atoms with E-state index in [1.165, 1.54) is 6.08 Å². The highest BCUT2D eigenvalue weighted by Crippen LogP contribution is 2.16. The van der Waals surface area contributed by atoms with Crippen molar-refractivity contribution in [2.45, 2.75) is 20.0 Å². The fourth-order valence-corrected chi connectivity index (χ4v) is 2.21. The Morgan fingerprint density at radius 1 is 1.12 bits per heavy atom. The van der Waals surface area contributed by atoms with Crippen LogP contribution in [0.2, 0.25) is 0 Å². The highest BCUT2D eigenvalue weighted by Gasteiger charge is 1.98. The monoisotopic (exact) mass is 339 g/mol. The molecular weight excluding hydrogens is 314 g/mol. The lowest BCUT2D eigenvalue weighted by atomic mass is 10.2. The molecule has 2 aromatic rings. The second kappa shape index (κ2) is 11.0. The zero-order valence-corrected chi connectivity index (χ0v) is 14.6. The minimum absolute atomic E-state index is 0.105. The highest BCUT2D eigenvalue weighted by molar-refractivity contribution is 5.91. The fraction of sp³-hybridized carbons (Fsp3) is 0.286. The molecule has 0 bridgehead atoms. The van der Waals surface area contributed by atoms with Gasteiger partial charge < -0.3 is 14.8 Å². The molecule has 2 rings (SSSR count). The summed E-state index contributed by atoms with van der Waals surface area (Å²) in [4.78, 5) is 11.8. The van der Waals surface area contributed by atoms with Crippen molar-refractivity contribution in [3.8, 4) is 5.75 Å². The molecule has 132 valence electrons. The fourth-order valence-electron chi connectivity index (χ4n) is 2.21. The van der Waals surface area contributed by atoms with Crippen LogP contribution < -0.4 is 10.1 Å². The standard InChI is InChI=1S/C21H25NO3/c1-2-24-15-7-14-22-21(23)13-12-18-10-6-11-20(16-18)25-17-19-8-4-3-5-9-19/h3-6,8-13,16H,2,7,14-15,17H2,1H3,(H,22,23)/b13-12+. The summed E-state index contributed by atoms with van der Waals surface area (Å²) in [6.45, 7) is 4.47. The molecule has 0 radical (unpaired) electrons. The smallest absolute Gasteiger partial charge is 0.244 e. The van der Waals surface area contributed by atoms with Crippen LogP contribution in [0.25, 0.3) is 6.08 Å². The Kier molecular flexibility index (Phi) is 8.29. The van der Waals surface area contributed by atoms with Gasteiger partial charge in [-0.1, -0.05) is 42.5 Å². The average molecular weight is 339 g/mol. The van der Waals surface area contributed by atoms with E-state index in [9.17, 15) is 4.79 Å². The molecular formula is C21H25NO3. The van der Waals surface area contributed by atoms with Crippen LogP contribution in [0.15, 0.2) is 60.7 Å². The number of hydrogen-bond donors (Lipinski definition) is 1. The van der Waals surface area contributed by atoms with Crippen molar-refractivity contribution >= 4 is 12.0 Å². The van der Waals surface area contributed by atoms with Crippen LogP contribution in [0.3, 0.4) is 0 Å². The van der Waals surface area contributed by atoms with Crippen LogP contribution in [0.5, 0.6) is 5.75 Å². The first-order valence-corrected chi connectivity index (χ1v) is 8.58. The summed E-state index contributed by atoms with van der Waals surface area (Å²) in [6.07, 6.45) is 4.14. The van der Waals surface area contributed by atoms with E-state index < -0.39 is 0 Å². The van der Waals surface area contributed by atoms with Gasteiger partial charge in [0.15, 0.2) is 0 Å². The summed E-state index contributed by atoms with van der Waals surface area (Å²) in [5, 5.41) is 2.84. The number of hydrogen-bond acceptors (Lipinski definition) is 3. The predicted molar refractivity (Wildman–Crippen MR) is 100 cm³/mol. The summed E-state index contributed by atoms with van der Waals surface area (Å²) in [6, 6.07) is 17.7. The number of nitrogens with one attached hydrogen (secondary N) is 1. The van der Waals surface area contributed by atoms with E-state index in [2.05, 4.69) is 5.32 Å². The molecule has 2 aromatic carbocycles. The first kappa shape index (κ1) is 18.7. The second-order valence-corrected chi connectivity index (χ2v) is 5.52. The number of benzene rings is 2. The Morgan fingerprint density at radius 3 is 2.76 bits per heavy atom. The molecule has 0 saturated heterocycles. The lowest BCUT2D eigenvalue weighted by molar-refractivity contribution is -0.116. The molecule has 0 spiro atoms. The van der Waals surface area contributed by atoms with Gasteiger partial charge in [0, 0.05) is 25.8 Å². The van der Waals surface area contributed by atoms with Crippen LogP contribution in [0.1, 0.15) is 24.5 Å². The Morgan fingerprint density at radius 2 is 1.96 bits per heavy atom. The quantitative estimate of drug-likeness (QED) is 0.529. The SMILES string of the molecule is CCOCCCNC(=O)/C=C/c1cccc(OCc2ccccc2)c1. The first-order valence-electron chi connectivity index (χ1n) is 8.58. The number of rotatable bonds is 10. The van der Waals surface area contributed by atoms with Crippen molar-refractivity contribution in [1.82, 2.24) is 5.32 Å². The zero-order chi connectivity index (χ0) is 17.7. The van der Waals surface area contributed by atoms with Gasteiger partial charge in [0.25, 0.3) is 0 Å². The van der Waals surface area contributed by atoms with E-state index in [0.29, 0.717) is 26.4 Å². The first-order chi connectivity index (χ1) is 12.3. The van der Waals surface area contributed by atoms with Crippen LogP contribution in [0.4, 0.5) is 0 Å². The summed E-state index contributed by atoms with van der Waals surface area (Å²) in [7, 11) is 0. The summed E-state index contributed by atoms with van der Waals surface area (Å²) in [5.41, 5.74) is 2.05. The Balaban J connectivity index is 1.79. The van der Waals surface area contributed by atoms with Gasteiger partial charge in [0.05, 0.1) is 0 Å². The van der Waals surface area contributed by atoms with E-state index in [-0.39, 0.29) is 5.91 Å². The molecule has 0 aliphatic carbocycles. The van der Waals surface area contributed by atoms with Crippen LogP contribution >= 0.6 is 0 Å². The summed E-state index contributed by atoms with van der Waals surface area (Å²) in [5.74, 6) is 0.676. The summed E-state index contributed by atoms with van der Waals surface area (Å²) < 4.78 is 11.0. The molecule has 0 aliphatic rings. The Labute approximate surface area is 149 Å². The molecule has 1 amide bonds. The van der Waals surface area contributed by atoms with Gasteiger partial charge in [-0.25, -0.2) is 0 Å². The molecule has 0 aromatic heterocycles. The Bertz CT molecular complexity index is 668. The predicted octanol–water partition coefficient (Wildman–Crippen LogP) is 3.82. The zero-order valence-electron chi connectivity index (χ0n) is 14.6. The van der Waals surface area contributed by atoms with E-state index in [4.69, 9.17) is 9.47 Å². The van der Waals surface area contributed by atoms with E-state index in [1.54, 1.807) is 6.08 Å². The van der Waals surface area contributed by atoms with Gasteiger partial charge >= 0.3 is 0 Å². The third kappa shape index (κ3) is 7.68. The van der Waals surface area contributed by atoms with E-state index >= 15 is 0 Å². The number of amides is 1. The maximum Gasteiger partial charge on any atom is 0.244 e. The number of ether oxygens (including phenoxy) is 2. The largest absolute Gasteiger partial charge is 0.489 e. The molecule has 0 fully saturated rings. The Hall–Kier alpha value is -2.59. The van der Waals surface area contributed by atoms with Crippen molar-refractivity contribution in [3.05, 3.63) is 71.8 Å². The third-order valence-electron chi connectivity index (χ3n) is 3.50. The maximum absolute atomic E-state index is 11.8. The van der Waals surface area contributed by atoms with Crippen LogP contribution in [-0.2, 0) is 16.1 Å². The molecule has 0 heterocycles. The molecule has 25 heavy (non-hydrogen) atoms. The molecule has 0 aliphatic heterocycles. The van der Waals surface area contributed by atoms with E-state index in [1.807, 2.05) is 61.5 Å². The van der Waals surface area contributed by atoms with Gasteiger partial charge in [0.2, 0.25) is 5.91 Å². The molecule has 0 saturated carbocycles. The van der Waals surface area contributed by atoms with Gasteiger partial charge in [-0.3, -0.25) is 4.79 Å². The molecule has 1 N–H and O–H groups in total. The molecule has 4 nitrogen and oxygen atoms in total. The van der Waals surface area contributed by atoms with Crippen LogP contribution in [0, 0.1) is 0 Å². The lowest BCUT2D eigenvalue weighted by Gasteiger charge is -2.07. The van der Waals surface area contributed by atoms with Crippen molar-refractivity contribution in [2.75, 3.05) is 19.8 Å². The van der Waals surface area contributed by atoms with Crippen molar-refractivity contribution in [1.29, 1.82) is 0 Å². The topological polar surface area (TPSA) is 47.6 Å². The molecule has 4 heteroatoms. The molecule has 0 atom stereocenters. The lowest BCUT2D eigenvalue weighted by Crippen LogP contribution is -2.23. The van der Waals surface area contributed by atoms with Gasteiger partial charge in [-0.05, 0) is 42.7 Å². The third-order valence-corrected chi connectivity index (χ3v) is 3.50. The van der Waals surface area contributed by atoms with E-state index in [0.717, 1.165) is 23.3 Å². The van der Waals surface area contributed by atoms with Gasteiger partial charge in [-0.2, -0.15) is 0 Å². The maximum atomic E-state index is 11.8. The molecule has 0 unspecified atom stereocenters. The van der Waals surface area contributed by atoms with Crippen molar-refractivity contribution < 1.29 is 14.3 Å². The van der Waals surface area contributed by atoms with Gasteiger partial charge in [0.1, 0.15) is 12.4 Å². The van der Waals surface area contributed by atoms with Crippen LogP contribution in [-0.4, -0.2) is 25.7 Å². The summed E-state index contributed by atoms with van der Waals surface area (Å²) >= 11 is 0. The van der Waals surface area contributed by atoms with Crippen molar-refractivity contribution in [2.24, 2.45) is 0 Å². The number of carbonyl (C=O) groups excluding carboxylic acids is 1. The average Bonchev–Trinajstić information content (AvgIpc) is 2.66. The minimum atomic E-state index is -0.105. The second-order valence-electron chi connectivity index (χ2n) is 5.52. The van der Waals surface area contributed by atoms with Crippen molar-refractivity contribution in [3.63, 3.8) is 0 Å².